The summed E-state index contributed by atoms with van der Waals surface area (Å²) in [7, 11) is 0. The highest BCUT2D eigenvalue weighted by atomic mass is 32.2. The van der Waals surface area contributed by atoms with Crippen LogP contribution in [0.4, 0.5) is 5.69 Å². The van der Waals surface area contributed by atoms with Crippen LogP contribution in [-0.4, -0.2) is 43.9 Å². The number of aromatic nitrogens is 1. The number of hydrogen-bond donors (Lipinski definition) is 1. The summed E-state index contributed by atoms with van der Waals surface area (Å²) in [6, 6.07) is 8.13. The van der Waals surface area contributed by atoms with Gasteiger partial charge in [0.1, 0.15) is 20.4 Å². The van der Waals surface area contributed by atoms with Gasteiger partial charge in [-0.2, -0.15) is 0 Å². The molecule has 7 nitrogen and oxygen atoms in total. The second-order valence-corrected chi connectivity index (χ2v) is 9.87. The van der Waals surface area contributed by atoms with Crippen molar-refractivity contribution in [1.82, 2.24) is 9.47 Å². The van der Waals surface area contributed by atoms with Gasteiger partial charge in [0.2, 0.25) is 0 Å². The van der Waals surface area contributed by atoms with Crippen molar-refractivity contribution in [1.29, 1.82) is 0 Å². The average Bonchev–Trinajstić information content (AvgIpc) is 3.26. The molecule has 33 heavy (non-hydrogen) atoms. The number of carbonyl (C=O) groups excluding carboxylic acids is 1. The highest BCUT2D eigenvalue weighted by molar-refractivity contribution is 8.30. The number of carboxylic acids is 1. The number of thioether (sulfide) groups is 1. The summed E-state index contributed by atoms with van der Waals surface area (Å²) >= 11 is 7.44. The first-order chi connectivity index (χ1) is 15.8. The van der Waals surface area contributed by atoms with Crippen LogP contribution < -0.4 is 19.7 Å². The summed E-state index contributed by atoms with van der Waals surface area (Å²) in [5, 5.41) is 9.07. The number of hydrogen-bond acceptors (Lipinski definition) is 7. The first-order valence-corrected chi connectivity index (χ1v) is 12.4. The first kappa shape index (κ1) is 23.2. The van der Waals surface area contributed by atoms with Gasteiger partial charge in [0.25, 0.3) is 11.5 Å². The fourth-order valence-electron chi connectivity index (χ4n) is 3.73. The predicted octanol–water partition coefficient (Wildman–Crippen LogP) is 2.20. The quantitative estimate of drug-likeness (QED) is 0.632. The third-order valence-corrected chi connectivity index (χ3v) is 7.97. The lowest BCUT2D eigenvalue weighted by molar-refractivity contribution is -0.140. The lowest BCUT2D eigenvalue weighted by atomic mass is 10.1. The molecule has 0 aliphatic carbocycles. The number of thiazole rings is 1. The number of benzene rings is 1. The summed E-state index contributed by atoms with van der Waals surface area (Å²) < 4.78 is 2.70. The molecular weight excluding hydrogens is 478 g/mol. The number of nitrogens with zero attached hydrogens (tertiary/aromatic N) is 3. The Labute approximate surface area is 203 Å². The molecule has 1 amide bonds. The summed E-state index contributed by atoms with van der Waals surface area (Å²) in [5.74, 6) is -1.63. The molecule has 1 aromatic carbocycles. The third kappa shape index (κ3) is 4.33. The zero-order chi connectivity index (χ0) is 23.7. The number of allylic oxidation sites excluding steroid dienone is 2. The van der Waals surface area contributed by atoms with Gasteiger partial charge in [0, 0.05) is 24.5 Å². The summed E-state index contributed by atoms with van der Waals surface area (Å²) in [6.45, 7) is 4.56. The number of carbonyl (C=O) groups is 2. The van der Waals surface area contributed by atoms with E-state index in [2.05, 4.69) is 24.0 Å². The van der Waals surface area contributed by atoms with Crippen LogP contribution >= 0.6 is 35.3 Å². The first-order valence-electron chi connectivity index (χ1n) is 10.3. The van der Waals surface area contributed by atoms with E-state index >= 15 is 0 Å². The topological polar surface area (TPSA) is 82.8 Å². The Morgan fingerprint density at radius 1 is 1.09 bits per heavy atom. The maximum atomic E-state index is 13.1. The Bertz CT molecular complexity index is 1400. The number of thiocarbonyl (C=S) groups is 1. The number of carboxylic acid groups (broad SMARTS) is 1. The SMILES string of the molecule is CCN1/C(=C/C=c2\s/c(=C3\SC(=S)N(CC(=O)O)C3=O)n(CC)c2=O)C=Cc2ccccc21. The van der Waals surface area contributed by atoms with E-state index < -0.39 is 18.4 Å². The summed E-state index contributed by atoms with van der Waals surface area (Å²) in [5.41, 5.74) is 3.01. The van der Waals surface area contributed by atoms with Crippen molar-refractivity contribution in [2.75, 3.05) is 18.0 Å². The maximum Gasteiger partial charge on any atom is 0.323 e. The fraction of sp³-hybridized carbons (Fsp3) is 0.217. The van der Waals surface area contributed by atoms with E-state index in [1.165, 1.54) is 15.9 Å². The van der Waals surface area contributed by atoms with E-state index in [1.54, 1.807) is 6.08 Å². The highest BCUT2D eigenvalue weighted by Gasteiger charge is 2.35. The van der Waals surface area contributed by atoms with Gasteiger partial charge in [-0.3, -0.25) is 23.9 Å². The second-order valence-electron chi connectivity index (χ2n) is 7.20. The van der Waals surface area contributed by atoms with Gasteiger partial charge < -0.3 is 10.0 Å². The Kier molecular flexibility index (Phi) is 6.68. The number of aliphatic carboxylic acids is 1. The average molecular weight is 500 g/mol. The number of anilines is 1. The van der Waals surface area contributed by atoms with Crippen molar-refractivity contribution in [2.24, 2.45) is 0 Å². The van der Waals surface area contributed by atoms with Crippen LogP contribution in [0.25, 0.3) is 17.1 Å². The molecule has 2 aliphatic heterocycles. The normalized spacial score (nSPS) is 19.1. The monoisotopic (exact) mass is 499 g/mol. The van der Waals surface area contributed by atoms with Crippen LogP contribution in [0.5, 0.6) is 0 Å². The molecule has 1 saturated heterocycles. The molecule has 0 spiro atoms. The van der Waals surface area contributed by atoms with E-state index in [-0.39, 0.29) is 9.88 Å². The van der Waals surface area contributed by atoms with Crippen molar-refractivity contribution >= 4 is 74.3 Å². The fourth-order valence-corrected chi connectivity index (χ4v) is 6.24. The Balaban J connectivity index is 1.80. The molecule has 0 radical (unpaired) electrons. The molecule has 0 bridgehead atoms. The van der Waals surface area contributed by atoms with Gasteiger partial charge in [-0.15, -0.1) is 11.3 Å². The van der Waals surface area contributed by atoms with Gasteiger partial charge >= 0.3 is 5.97 Å². The van der Waals surface area contributed by atoms with Crippen molar-refractivity contribution in [3.8, 4) is 0 Å². The maximum absolute atomic E-state index is 13.1. The van der Waals surface area contributed by atoms with Crippen molar-refractivity contribution < 1.29 is 14.7 Å². The van der Waals surface area contributed by atoms with E-state index in [0.717, 1.165) is 40.2 Å². The molecule has 1 N–H and O–H groups in total. The lowest BCUT2D eigenvalue weighted by Gasteiger charge is -2.29. The minimum absolute atomic E-state index is 0.179. The number of likely N-dealkylation sites (N-methyl/N-ethyl adjacent to an activating group) is 1. The van der Waals surface area contributed by atoms with Crippen molar-refractivity contribution in [2.45, 2.75) is 20.4 Å². The molecule has 4 rings (SSSR count). The van der Waals surface area contributed by atoms with Gasteiger partial charge in [-0.05, 0) is 43.7 Å². The van der Waals surface area contributed by atoms with Crippen LogP contribution in [0.3, 0.4) is 0 Å². The smallest absolute Gasteiger partial charge is 0.323 e. The molecule has 170 valence electrons. The van der Waals surface area contributed by atoms with E-state index in [1.807, 2.05) is 37.3 Å². The molecule has 2 aromatic rings. The third-order valence-electron chi connectivity index (χ3n) is 5.26. The van der Waals surface area contributed by atoms with E-state index in [0.29, 0.717) is 20.6 Å². The van der Waals surface area contributed by atoms with Crippen LogP contribution in [0, 0.1) is 0 Å². The zero-order valence-electron chi connectivity index (χ0n) is 18.0. The van der Waals surface area contributed by atoms with Crippen molar-refractivity contribution in [3.05, 3.63) is 67.2 Å². The van der Waals surface area contributed by atoms with Gasteiger partial charge in [-0.1, -0.05) is 48.3 Å². The summed E-state index contributed by atoms with van der Waals surface area (Å²) in [4.78, 5) is 40.5. The molecule has 0 atom stereocenters. The van der Waals surface area contributed by atoms with Crippen molar-refractivity contribution in [3.63, 3.8) is 0 Å². The standard InChI is InChI=1S/C23H21N3O4S3/c1-3-24-15(10-9-14-7-5-6-8-16(14)24)11-12-17-20(29)25(4-2)22(32-17)19-21(30)26(13-18(27)28)23(31)33-19/h5-12H,3-4,13H2,1-2H3,(H,27,28)/b15-11+,17-12-,22-19-. The Hall–Kier alpha value is -2.95. The number of amides is 1. The van der Waals surface area contributed by atoms with Gasteiger partial charge in [0.05, 0.1) is 4.53 Å². The highest BCUT2D eigenvalue weighted by Crippen LogP contribution is 2.31. The van der Waals surface area contributed by atoms with E-state index in [9.17, 15) is 14.4 Å². The molecule has 2 aliphatic rings. The molecule has 0 unspecified atom stereocenters. The largest absolute Gasteiger partial charge is 0.480 e. The zero-order valence-corrected chi connectivity index (χ0v) is 20.4. The number of para-hydroxylation sites is 1. The summed E-state index contributed by atoms with van der Waals surface area (Å²) in [6.07, 6.45) is 7.75. The molecule has 10 heteroatoms. The van der Waals surface area contributed by atoms with Crippen LogP contribution in [0.2, 0.25) is 0 Å². The lowest BCUT2D eigenvalue weighted by Crippen LogP contribution is -2.35. The second kappa shape index (κ2) is 9.50. The molecule has 0 saturated carbocycles. The van der Waals surface area contributed by atoms with Crippen LogP contribution in [0.15, 0.2) is 46.9 Å². The number of fused-ring (bicyclic) bond motifs is 1. The molecule has 3 heterocycles. The van der Waals surface area contributed by atoms with Gasteiger partial charge in [-0.25, -0.2) is 0 Å². The Morgan fingerprint density at radius 2 is 1.85 bits per heavy atom. The minimum Gasteiger partial charge on any atom is -0.480 e. The Morgan fingerprint density at radius 3 is 2.55 bits per heavy atom. The van der Waals surface area contributed by atoms with E-state index in [4.69, 9.17) is 17.3 Å². The number of rotatable bonds is 5. The van der Waals surface area contributed by atoms with Gasteiger partial charge in [0.15, 0.2) is 0 Å². The van der Waals surface area contributed by atoms with Crippen LogP contribution in [0.1, 0.15) is 19.4 Å². The molecular formula is C23H21N3O4S3. The van der Waals surface area contributed by atoms with Crippen LogP contribution in [-0.2, 0) is 16.1 Å². The predicted molar refractivity (Wildman–Crippen MR) is 137 cm³/mol. The molecule has 1 aromatic heterocycles. The minimum atomic E-state index is -1.14. The molecule has 1 fully saturated rings.